The van der Waals surface area contributed by atoms with Crippen LogP contribution < -0.4 is 5.73 Å². The van der Waals surface area contributed by atoms with E-state index in [-0.39, 0.29) is 6.04 Å². The minimum absolute atomic E-state index is 0.336. The third-order valence-corrected chi connectivity index (χ3v) is 5.35. The molecule has 1 unspecified atom stereocenters. The molecule has 108 valence electrons. The molecule has 1 aliphatic heterocycles. The highest BCUT2D eigenvalue weighted by Crippen LogP contribution is 2.36. The molecule has 2 aromatic heterocycles. The Balaban J connectivity index is 1.77. The van der Waals surface area contributed by atoms with Crippen LogP contribution in [-0.4, -0.2) is 29.1 Å². The van der Waals surface area contributed by atoms with Crippen LogP contribution in [0.1, 0.15) is 29.2 Å². The fourth-order valence-corrected chi connectivity index (χ4v) is 4.35. The number of ether oxygens (including phenoxy) is 1. The molecule has 0 saturated heterocycles. The highest BCUT2D eigenvalue weighted by Gasteiger charge is 2.20. The van der Waals surface area contributed by atoms with E-state index in [4.69, 9.17) is 15.0 Å². The topological polar surface area (TPSA) is 74.2 Å². The van der Waals surface area contributed by atoms with Gasteiger partial charge in [-0.25, -0.2) is 0 Å². The van der Waals surface area contributed by atoms with Crippen LogP contribution in [0.25, 0.3) is 10.8 Å². The Kier molecular flexibility index (Phi) is 4.40. The van der Waals surface area contributed by atoms with Crippen molar-refractivity contribution in [1.29, 1.82) is 0 Å². The summed E-state index contributed by atoms with van der Waals surface area (Å²) in [5, 5.41) is 3.96. The molecule has 0 spiro atoms. The molecule has 0 saturated carbocycles. The van der Waals surface area contributed by atoms with Crippen molar-refractivity contribution < 1.29 is 9.26 Å². The van der Waals surface area contributed by atoms with E-state index in [0.29, 0.717) is 24.9 Å². The van der Waals surface area contributed by atoms with Gasteiger partial charge in [-0.15, -0.1) is 11.3 Å². The molecule has 0 bridgehead atoms. The molecule has 0 radical (unpaired) electrons. The Morgan fingerprint density at radius 2 is 2.45 bits per heavy atom. The Bertz CT molecular complexity index is 558. The predicted octanol–water partition coefficient (Wildman–Crippen LogP) is 2.62. The van der Waals surface area contributed by atoms with E-state index in [2.05, 4.69) is 16.2 Å². The molecule has 2 aromatic rings. The molecule has 3 heterocycles. The zero-order chi connectivity index (χ0) is 13.9. The van der Waals surface area contributed by atoms with Gasteiger partial charge in [-0.3, -0.25) is 0 Å². The van der Waals surface area contributed by atoms with Crippen LogP contribution in [0.5, 0.6) is 0 Å². The van der Waals surface area contributed by atoms with Gasteiger partial charge >= 0.3 is 0 Å². The fraction of sp³-hybridized carbons (Fsp3) is 0.538. The van der Waals surface area contributed by atoms with Gasteiger partial charge in [0.2, 0.25) is 0 Å². The molecule has 0 fully saturated rings. The van der Waals surface area contributed by atoms with E-state index in [0.717, 1.165) is 17.1 Å². The van der Waals surface area contributed by atoms with E-state index in [9.17, 15) is 0 Å². The van der Waals surface area contributed by atoms with Gasteiger partial charge in [-0.2, -0.15) is 16.7 Å². The van der Waals surface area contributed by atoms with Gasteiger partial charge < -0.3 is 15.0 Å². The molecule has 20 heavy (non-hydrogen) atoms. The summed E-state index contributed by atoms with van der Waals surface area (Å²) in [5.74, 6) is 3.35. The van der Waals surface area contributed by atoms with Gasteiger partial charge in [0.25, 0.3) is 5.89 Å². The number of nitrogens with two attached hydrogens (primary N) is 1. The van der Waals surface area contributed by atoms with Gasteiger partial charge in [-0.1, -0.05) is 5.16 Å². The van der Waals surface area contributed by atoms with Crippen LogP contribution in [-0.2, 0) is 16.9 Å². The van der Waals surface area contributed by atoms with Crippen LogP contribution in [0.4, 0.5) is 0 Å². The van der Waals surface area contributed by atoms with Gasteiger partial charge in [0.15, 0.2) is 5.82 Å². The molecule has 0 aromatic carbocycles. The minimum atomic E-state index is -0.336. The van der Waals surface area contributed by atoms with Crippen LogP contribution in [0.2, 0.25) is 0 Å². The number of hydrogen-bond acceptors (Lipinski definition) is 7. The molecule has 0 aliphatic carbocycles. The maximum atomic E-state index is 5.96. The highest BCUT2D eigenvalue weighted by molar-refractivity contribution is 7.98. The standard InChI is InChI=1S/C13H17N3O2S2/c1-2-17-6-9(14)12-15-13(18-16-12)11-5-8-7-19-4-3-10(8)20-11/h5,9H,2-4,6-7,14H2,1H3. The molecular weight excluding hydrogens is 294 g/mol. The Morgan fingerprint density at radius 1 is 1.55 bits per heavy atom. The van der Waals surface area contributed by atoms with E-state index in [1.165, 1.54) is 16.2 Å². The largest absolute Gasteiger partial charge is 0.380 e. The zero-order valence-electron chi connectivity index (χ0n) is 11.3. The van der Waals surface area contributed by atoms with E-state index in [1.807, 2.05) is 18.7 Å². The molecule has 1 aliphatic rings. The first-order valence-corrected chi connectivity index (χ1v) is 8.61. The summed E-state index contributed by atoms with van der Waals surface area (Å²) in [4.78, 5) is 6.88. The first-order chi connectivity index (χ1) is 9.78. The summed E-state index contributed by atoms with van der Waals surface area (Å²) >= 11 is 3.72. The normalized spacial score (nSPS) is 16.1. The third-order valence-electron chi connectivity index (χ3n) is 3.11. The fourth-order valence-electron chi connectivity index (χ4n) is 2.06. The van der Waals surface area contributed by atoms with Crippen molar-refractivity contribution in [3.63, 3.8) is 0 Å². The van der Waals surface area contributed by atoms with Crippen molar-refractivity contribution in [2.24, 2.45) is 5.73 Å². The lowest BCUT2D eigenvalue weighted by molar-refractivity contribution is 0.130. The quantitative estimate of drug-likeness (QED) is 0.915. The summed E-state index contributed by atoms with van der Waals surface area (Å²) in [6.45, 7) is 2.98. The van der Waals surface area contributed by atoms with Crippen molar-refractivity contribution >= 4 is 23.1 Å². The van der Waals surface area contributed by atoms with Crippen LogP contribution >= 0.6 is 23.1 Å². The van der Waals surface area contributed by atoms with Gasteiger partial charge in [0.05, 0.1) is 17.5 Å². The highest BCUT2D eigenvalue weighted by atomic mass is 32.2. The zero-order valence-corrected chi connectivity index (χ0v) is 12.9. The van der Waals surface area contributed by atoms with E-state index >= 15 is 0 Å². The number of fused-ring (bicyclic) bond motifs is 1. The molecular formula is C13H17N3O2S2. The Labute approximate surface area is 125 Å². The molecule has 7 heteroatoms. The number of rotatable bonds is 5. The average Bonchev–Trinajstić information content (AvgIpc) is 3.10. The molecule has 3 rings (SSSR count). The maximum Gasteiger partial charge on any atom is 0.268 e. The summed E-state index contributed by atoms with van der Waals surface area (Å²) < 4.78 is 10.6. The molecule has 2 N–H and O–H groups in total. The van der Waals surface area contributed by atoms with Gasteiger partial charge in [-0.05, 0) is 30.7 Å². The van der Waals surface area contributed by atoms with Crippen molar-refractivity contribution in [3.05, 3.63) is 22.3 Å². The second-order valence-electron chi connectivity index (χ2n) is 4.59. The van der Waals surface area contributed by atoms with Crippen molar-refractivity contribution in [3.8, 4) is 10.8 Å². The Hall–Kier alpha value is -0.890. The summed E-state index contributed by atoms with van der Waals surface area (Å²) in [6, 6.07) is 1.83. The van der Waals surface area contributed by atoms with E-state index in [1.54, 1.807) is 11.3 Å². The summed E-state index contributed by atoms with van der Waals surface area (Å²) in [5.41, 5.74) is 7.36. The van der Waals surface area contributed by atoms with Gasteiger partial charge in [0.1, 0.15) is 0 Å². The Morgan fingerprint density at radius 3 is 3.25 bits per heavy atom. The van der Waals surface area contributed by atoms with Gasteiger partial charge in [0, 0.05) is 17.2 Å². The van der Waals surface area contributed by atoms with Crippen molar-refractivity contribution in [1.82, 2.24) is 10.1 Å². The van der Waals surface area contributed by atoms with Crippen LogP contribution in [0, 0.1) is 0 Å². The van der Waals surface area contributed by atoms with Crippen molar-refractivity contribution in [2.45, 2.75) is 25.1 Å². The lowest BCUT2D eigenvalue weighted by Crippen LogP contribution is -2.18. The minimum Gasteiger partial charge on any atom is -0.380 e. The van der Waals surface area contributed by atoms with E-state index < -0.39 is 0 Å². The third kappa shape index (κ3) is 2.90. The number of hydrogen-bond donors (Lipinski definition) is 1. The molecule has 5 nitrogen and oxygen atoms in total. The average molecular weight is 311 g/mol. The number of aryl methyl sites for hydroxylation is 1. The molecule has 0 amide bonds. The predicted molar refractivity (Wildman–Crippen MR) is 80.9 cm³/mol. The second kappa shape index (κ2) is 6.26. The van der Waals surface area contributed by atoms with Crippen LogP contribution in [0.15, 0.2) is 10.6 Å². The lowest BCUT2D eigenvalue weighted by atomic mass is 10.2. The summed E-state index contributed by atoms with van der Waals surface area (Å²) in [6.07, 6.45) is 1.13. The monoisotopic (exact) mass is 311 g/mol. The first-order valence-electron chi connectivity index (χ1n) is 6.64. The molecule has 1 atom stereocenters. The summed E-state index contributed by atoms with van der Waals surface area (Å²) in [7, 11) is 0. The SMILES string of the molecule is CCOCC(N)c1noc(-c2cc3c(s2)CCSC3)n1. The van der Waals surface area contributed by atoms with Crippen molar-refractivity contribution in [2.75, 3.05) is 19.0 Å². The lowest BCUT2D eigenvalue weighted by Gasteiger charge is -2.08. The second-order valence-corrected chi connectivity index (χ2v) is 6.83. The number of nitrogens with zero attached hydrogens (tertiary/aromatic N) is 2. The first kappa shape index (κ1) is 14.1. The smallest absolute Gasteiger partial charge is 0.268 e. The number of aromatic nitrogens is 2. The maximum absolute atomic E-state index is 5.96. The number of thioether (sulfide) groups is 1. The van der Waals surface area contributed by atoms with Crippen LogP contribution in [0.3, 0.4) is 0 Å². The number of thiophene rings is 1.